The van der Waals surface area contributed by atoms with E-state index in [9.17, 15) is 13.2 Å². The van der Waals surface area contributed by atoms with E-state index in [2.05, 4.69) is 10.2 Å². The van der Waals surface area contributed by atoms with Crippen molar-refractivity contribution in [2.75, 3.05) is 11.4 Å². The first kappa shape index (κ1) is 16.7. The number of rotatable bonds is 5. The van der Waals surface area contributed by atoms with Gasteiger partial charge in [-0.05, 0) is 36.2 Å². The van der Waals surface area contributed by atoms with Gasteiger partial charge >= 0.3 is 6.18 Å². The zero-order valence-corrected chi connectivity index (χ0v) is 12.5. The molecule has 2 rings (SSSR count). The maximum absolute atomic E-state index is 12.5. The second-order valence-corrected chi connectivity index (χ2v) is 5.00. The Hall–Kier alpha value is -2.62. The Morgan fingerprint density at radius 2 is 1.78 bits per heavy atom. The van der Waals surface area contributed by atoms with Crippen LogP contribution in [0.5, 0.6) is 0 Å². The van der Waals surface area contributed by atoms with Crippen molar-refractivity contribution in [2.45, 2.75) is 26.1 Å². The molecule has 7 heteroatoms. The number of anilines is 1. The lowest BCUT2D eigenvalue weighted by Crippen LogP contribution is -2.25. The van der Waals surface area contributed by atoms with Crippen molar-refractivity contribution < 1.29 is 13.2 Å². The quantitative estimate of drug-likeness (QED) is 0.841. The van der Waals surface area contributed by atoms with Gasteiger partial charge < -0.3 is 4.90 Å². The Balaban J connectivity index is 2.18. The molecule has 0 bridgehead atoms. The Bertz CT molecular complexity index is 672. The zero-order valence-electron chi connectivity index (χ0n) is 12.5. The van der Waals surface area contributed by atoms with E-state index in [0.717, 1.165) is 18.1 Å². The first-order valence-electron chi connectivity index (χ1n) is 7.09. The number of aromatic nitrogens is 2. The molecule has 0 aliphatic rings. The normalized spacial score (nSPS) is 11.1. The average Bonchev–Trinajstić information content (AvgIpc) is 2.54. The first-order chi connectivity index (χ1) is 10.9. The number of nitriles is 1. The van der Waals surface area contributed by atoms with E-state index in [1.165, 1.54) is 6.07 Å². The van der Waals surface area contributed by atoms with Gasteiger partial charge in [0.2, 0.25) is 0 Å². The topological polar surface area (TPSA) is 52.8 Å². The lowest BCUT2D eigenvalue weighted by atomic mass is 10.1. The summed E-state index contributed by atoms with van der Waals surface area (Å²) in [5.41, 5.74) is 0.500. The minimum Gasteiger partial charge on any atom is -0.351 e. The predicted molar refractivity (Wildman–Crippen MR) is 79.5 cm³/mol. The molecule has 0 amide bonds. The molecule has 1 heterocycles. The van der Waals surface area contributed by atoms with Crippen molar-refractivity contribution in [2.24, 2.45) is 0 Å². The number of hydrogen-bond donors (Lipinski definition) is 0. The SMILES string of the molecule is CCCN(Cc1ccc(C#N)cc1)c1ccc(C(F)(F)F)nn1. The fourth-order valence-corrected chi connectivity index (χ4v) is 2.09. The summed E-state index contributed by atoms with van der Waals surface area (Å²) < 4.78 is 37.6. The largest absolute Gasteiger partial charge is 0.435 e. The third kappa shape index (κ3) is 4.42. The molecular weight excluding hydrogens is 305 g/mol. The molecule has 0 saturated heterocycles. The second kappa shape index (κ2) is 7.09. The lowest BCUT2D eigenvalue weighted by molar-refractivity contribution is -0.141. The van der Waals surface area contributed by atoms with Gasteiger partial charge in [-0.25, -0.2) is 0 Å². The Morgan fingerprint density at radius 1 is 1.09 bits per heavy atom. The number of hydrogen-bond acceptors (Lipinski definition) is 4. The summed E-state index contributed by atoms with van der Waals surface area (Å²) in [7, 11) is 0. The van der Waals surface area contributed by atoms with Crippen LogP contribution in [0.4, 0.5) is 19.0 Å². The van der Waals surface area contributed by atoms with Crippen LogP contribution in [-0.4, -0.2) is 16.7 Å². The fourth-order valence-electron chi connectivity index (χ4n) is 2.09. The van der Waals surface area contributed by atoms with E-state index in [1.54, 1.807) is 12.1 Å². The van der Waals surface area contributed by atoms with Gasteiger partial charge in [0.1, 0.15) is 0 Å². The van der Waals surface area contributed by atoms with E-state index >= 15 is 0 Å². The van der Waals surface area contributed by atoms with Crippen molar-refractivity contribution >= 4 is 5.82 Å². The van der Waals surface area contributed by atoms with Crippen LogP contribution in [0.15, 0.2) is 36.4 Å². The van der Waals surface area contributed by atoms with E-state index in [0.29, 0.717) is 24.5 Å². The number of nitrogens with zero attached hydrogens (tertiary/aromatic N) is 4. The summed E-state index contributed by atoms with van der Waals surface area (Å²) >= 11 is 0. The van der Waals surface area contributed by atoms with Crippen molar-refractivity contribution in [3.8, 4) is 6.07 Å². The van der Waals surface area contributed by atoms with Gasteiger partial charge in [-0.2, -0.15) is 18.4 Å². The fraction of sp³-hybridized carbons (Fsp3) is 0.312. The molecule has 23 heavy (non-hydrogen) atoms. The monoisotopic (exact) mass is 320 g/mol. The maximum atomic E-state index is 12.5. The first-order valence-corrected chi connectivity index (χ1v) is 7.09. The van der Waals surface area contributed by atoms with Crippen LogP contribution in [0.25, 0.3) is 0 Å². The Kier molecular flexibility index (Phi) is 5.16. The molecular formula is C16H15F3N4. The van der Waals surface area contributed by atoms with Gasteiger partial charge in [-0.15, -0.1) is 10.2 Å². The van der Waals surface area contributed by atoms with Gasteiger partial charge in [-0.1, -0.05) is 19.1 Å². The van der Waals surface area contributed by atoms with Crippen LogP contribution in [0, 0.1) is 11.3 Å². The molecule has 1 aromatic heterocycles. The third-order valence-corrected chi connectivity index (χ3v) is 3.21. The predicted octanol–water partition coefficient (Wildman–Crippen LogP) is 3.78. The highest BCUT2D eigenvalue weighted by Crippen LogP contribution is 2.27. The summed E-state index contributed by atoms with van der Waals surface area (Å²) in [4.78, 5) is 1.86. The standard InChI is InChI=1S/C16H15F3N4/c1-2-9-23(11-13-5-3-12(10-20)4-6-13)15-8-7-14(21-22-15)16(17,18)19/h3-8H,2,9,11H2,1H3. The van der Waals surface area contributed by atoms with Gasteiger partial charge in [0.25, 0.3) is 0 Å². The smallest absolute Gasteiger partial charge is 0.351 e. The molecule has 0 spiro atoms. The van der Waals surface area contributed by atoms with Gasteiger partial charge in [0.15, 0.2) is 11.5 Å². The van der Waals surface area contributed by atoms with Crippen LogP contribution < -0.4 is 4.90 Å². The zero-order chi connectivity index (χ0) is 16.9. The maximum Gasteiger partial charge on any atom is 0.435 e. The van der Waals surface area contributed by atoms with E-state index in [-0.39, 0.29) is 0 Å². The van der Waals surface area contributed by atoms with Crippen LogP contribution >= 0.6 is 0 Å². The van der Waals surface area contributed by atoms with Crippen LogP contribution in [0.1, 0.15) is 30.2 Å². The summed E-state index contributed by atoms with van der Waals surface area (Å²) in [5.74, 6) is 0.393. The highest BCUT2D eigenvalue weighted by molar-refractivity contribution is 5.40. The number of halogens is 3. The van der Waals surface area contributed by atoms with E-state index in [4.69, 9.17) is 5.26 Å². The molecule has 0 fully saturated rings. The minimum atomic E-state index is -4.49. The average molecular weight is 320 g/mol. The van der Waals surface area contributed by atoms with Crippen molar-refractivity contribution in [3.05, 3.63) is 53.2 Å². The molecule has 0 aliphatic heterocycles. The van der Waals surface area contributed by atoms with Gasteiger partial charge in [-0.3, -0.25) is 0 Å². The summed E-state index contributed by atoms with van der Waals surface area (Å²) in [6.45, 7) is 3.10. The minimum absolute atomic E-state index is 0.393. The Morgan fingerprint density at radius 3 is 2.26 bits per heavy atom. The van der Waals surface area contributed by atoms with Crippen LogP contribution in [-0.2, 0) is 12.7 Å². The second-order valence-electron chi connectivity index (χ2n) is 5.00. The van der Waals surface area contributed by atoms with E-state index in [1.807, 2.05) is 30.0 Å². The van der Waals surface area contributed by atoms with Crippen molar-refractivity contribution in [3.63, 3.8) is 0 Å². The lowest BCUT2D eigenvalue weighted by Gasteiger charge is -2.23. The number of benzene rings is 1. The number of alkyl halides is 3. The van der Waals surface area contributed by atoms with Crippen molar-refractivity contribution in [1.29, 1.82) is 5.26 Å². The van der Waals surface area contributed by atoms with Crippen LogP contribution in [0.2, 0.25) is 0 Å². The van der Waals surface area contributed by atoms with Gasteiger partial charge in [0, 0.05) is 13.1 Å². The molecule has 120 valence electrons. The van der Waals surface area contributed by atoms with Gasteiger partial charge in [0.05, 0.1) is 11.6 Å². The summed E-state index contributed by atoms with van der Waals surface area (Å²) in [5, 5.41) is 15.8. The molecule has 2 aromatic rings. The molecule has 0 unspecified atom stereocenters. The molecule has 0 radical (unpaired) electrons. The summed E-state index contributed by atoms with van der Waals surface area (Å²) in [6.07, 6.45) is -3.67. The molecule has 0 atom stereocenters. The molecule has 0 aliphatic carbocycles. The molecule has 0 N–H and O–H groups in total. The van der Waals surface area contributed by atoms with Crippen LogP contribution in [0.3, 0.4) is 0 Å². The summed E-state index contributed by atoms with van der Waals surface area (Å²) in [6, 6.07) is 11.4. The highest BCUT2D eigenvalue weighted by atomic mass is 19.4. The van der Waals surface area contributed by atoms with Crippen molar-refractivity contribution in [1.82, 2.24) is 10.2 Å². The third-order valence-electron chi connectivity index (χ3n) is 3.21. The van der Waals surface area contributed by atoms with E-state index < -0.39 is 11.9 Å². The highest BCUT2D eigenvalue weighted by Gasteiger charge is 2.33. The Labute approximate surface area is 132 Å². The molecule has 0 saturated carbocycles. The molecule has 1 aromatic carbocycles. The molecule has 4 nitrogen and oxygen atoms in total.